The lowest BCUT2D eigenvalue weighted by Crippen LogP contribution is -2.54. The van der Waals surface area contributed by atoms with Crippen molar-refractivity contribution in [3.63, 3.8) is 0 Å². The zero-order chi connectivity index (χ0) is 15.1. The van der Waals surface area contributed by atoms with E-state index in [9.17, 15) is 14.4 Å². The minimum atomic E-state index is -1.19. The first-order chi connectivity index (χ1) is 9.45. The molecular formula is C12H21N3O5. The molecule has 0 radical (unpaired) electrons. The molecule has 8 nitrogen and oxygen atoms in total. The minimum Gasteiger partial charge on any atom is -0.480 e. The number of nitrogens with zero attached hydrogens (tertiary/aromatic N) is 1. The van der Waals surface area contributed by atoms with Gasteiger partial charge in [-0.05, 0) is 12.8 Å². The number of carbonyl (C=O) groups is 3. The molecule has 0 heterocycles. The minimum absolute atomic E-state index is 0.0699. The van der Waals surface area contributed by atoms with Gasteiger partial charge in [-0.15, -0.1) is 0 Å². The van der Waals surface area contributed by atoms with Gasteiger partial charge in [0.15, 0.2) is 6.04 Å². The fourth-order valence-corrected chi connectivity index (χ4v) is 2.32. The molecule has 0 aromatic carbocycles. The molecule has 0 bridgehead atoms. The van der Waals surface area contributed by atoms with Crippen LogP contribution in [0, 0.1) is 0 Å². The van der Waals surface area contributed by atoms with E-state index in [0.29, 0.717) is 0 Å². The third kappa shape index (κ3) is 4.69. The number of primary amides is 1. The van der Waals surface area contributed by atoms with E-state index in [1.165, 1.54) is 12.0 Å². The van der Waals surface area contributed by atoms with Gasteiger partial charge >= 0.3 is 12.0 Å². The molecule has 114 valence electrons. The molecule has 0 aromatic rings. The number of carboxylic acid groups (broad SMARTS) is 1. The molecule has 1 atom stereocenters. The summed E-state index contributed by atoms with van der Waals surface area (Å²) in [5.74, 6) is -1.81. The number of nitrogens with one attached hydrogen (secondary N) is 1. The Bertz CT molecular complexity index is 368. The number of aliphatic carboxylic acids is 1. The van der Waals surface area contributed by atoms with Gasteiger partial charge in [0.25, 0.3) is 0 Å². The normalized spacial score (nSPS) is 16.6. The van der Waals surface area contributed by atoms with Crippen LogP contribution in [0.1, 0.15) is 25.7 Å². The van der Waals surface area contributed by atoms with Crippen molar-refractivity contribution in [2.24, 2.45) is 5.73 Å². The summed E-state index contributed by atoms with van der Waals surface area (Å²) in [5.41, 5.74) is 5.15. The van der Waals surface area contributed by atoms with Gasteiger partial charge in [-0.25, -0.2) is 9.59 Å². The summed E-state index contributed by atoms with van der Waals surface area (Å²) < 4.78 is 4.75. The van der Waals surface area contributed by atoms with E-state index in [1.807, 2.05) is 0 Å². The van der Waals surface area contributed by atoms with Crippen LogP contribution in [-0.4, -0.2) is 60.3 Å². The summed E-state index contributed by atoms with van der Waals surface area (Å²) in [6.45, 7) is -0.355. The topological polar surface area (TPSA) is 122 Å². The third-order valence-corrected chi connectivity index (χ3v) is 3.28. The third-order valence-electron chi connectivity index (χ3n) is 3.28. The van der Waals surface area contributed by atoms with Crippen molar-refractivity contribution >= 4 is 17.9 Å². The first-order valence-electron chi connectivity index (χ1n) is 6.53. The van der Waals surface area contributed by atoms with E-state index >= 15 is 0 Å². The fraction of sp³-hybridized carbons (Fsp3) is 0.750. The molecule has 1 aliphatic carbocycles. The number of nitrogens with two attached hydrogens (primary N) is 1. The Morgan fingerprint density at radius 2 is 2.00 bits per heavy atom. The second kappa shape index (κ2) is 7.68. The van der Waals surface area contributed by atoms with Crippen molar-refractivity contribution in [1.82, 2.24) is 10.2 Å². The SMILES string of the molecule is COCC(NC(=O)N(CC(N)=O)C1CCCC1)C(=O)O. The summed E-state index contributed by atoms with van der Waals surface area (Å²) >= 11 is 0. The smallest absolute Gasteiger partial charge is 0.328 e. The summed E-state index contributed by atoms with van der Waals surface area (Å²) in [6, 6.07) is -1.82. The molecule has 1 aliphatic rings. The Kier molecular flexibility index (Phi) is 6.23. The molecule has 1 rings (SSSR count). The number of methoxy groups -OCH3 is 1. The average Bonchev–Trinajstić information content (AvgIpc) is 2.88. The maximum atomic E-state index is 12.1. The highest BCUT2D eigenvalue weighted by molar-refractivity contribution is 5.86. The number of hydrogen-bond acceptors (Lipinski definition) is 4. The van der Waals surface area contributed by atoms with Crippen molar-refractivity contribution < 1.29 is 24.2 Å². The average molecular weight is 287 g/mol. The second-order valence-corrected chi connectivity index (χ2v) is 4.83. The first kappa shape index (κ1) is 16.2. The van der Waals surface area contributed by atoms with Gasteiger partial charge in [0.05, 0.1) is 6.61 Å². The van der Waals surface area contributed by atoms with E-state index in [-0.39, 0.29) is 19.2 Å². The van der Waals surface area contributed by atoms with Gasteiger partial charge in [-0.3, -0.25) is 4.79 Å². The molecule has 0 saturated heterocycles. The summed E-state index contributed by atoms with van der Waals surface area (Å²) in [5, 5.41) is 11.3. The molecule has 0 aromatic heterocycles. The zero-order valence-electron chi connectivity index (χ0n) is 11.5. The lowest BCUT2D eigenvalue weighted by Gasteiger charge is -2.29. The van der Waals surface area contributed by atoms with Crippen LogP contribution in [0.4, 0.5) is 4.79 Å². The Morgan fingerprint density at radius 1 is 1.40 bits per heavy atom. The van der Waals surface area contributed by atoms with Crippen LogP contribution in [0.2, 0.25) is 0 Å². The van der Waals surface area contributed by atoms with E-state index in [4.69, 9.17) is 15.6 Å². The molecule has 0 aliphatic heterocycles. The number of hydrogen-bond donors (Lipinski definition) is 3. The summed E-state index contributed by atoms with van der Waals surface area (Å²) in [7, 11) is 1.35. The number of urea groups is 1. The van der Waals surface area contributed by atoms with Crippen molar-refractivity contribution in [1.29, 1.82) is 0 Å². The van der Waals surface area contributed by atoms with E-state index in [2.05, 4.69) is 5.32 Å². The Morgan fingerprint density at radius 3 is 2.45 bits per heavy atom. The fourth-order valence-electron chi connectivity index (χ4n) is 2.32. The summed E-state index contributed by atoms with van der Waals surface area (Å²) in [6.07, 6.45) is 3.55. The van der Waals surface area contributed by atoms with Crippen LogP contribution < -0.4 is 11.1 Å². The predicted octanol–water partition coefficient (Wildman–Crippen LogP) is -0.474. The standard InChI is InChI=1S/C12H21N3O5/c1-20-7-9(11(17)18)14-12(19)15(6-10(13)16)8-4-2-3-5-8/h8-9H,2-7H2,1H3,(H2,13,16)(H,14,19)(H,17,18). The molecule has 20 heavy (non-hydrogen) atoms. The molecule has 3 amide bonds. The van der Waals surface area contributed by atoms with Gasteiger partial charge in [-0.1, -0.05) is 12.8 Å². The summed E-state index contributed by atoms with van der Waals surface area (Å²) in [4.78, 5) is 35.5. The van der Waals surface area contributed by atoms with Crippen LogP contribution >= 0.6 is 0 Å². The van der Waals surface area contributed by atoms with Crippen LogP contribution in [0.15, 0.2) is 0 Å². The monoisotopic (exact) mass is 287 g/mol. The van der Waals surface area contributed by atoms with E-state index in [0.717, 1.165) is 25.7 Å². The van der Waals surface area contributed by atoms with Crippen LogP contribution in [0.25, 0.3) is 0 Å². The molecule has 1 unspecified atom stereocenters. The number of rotatable bonds is 7. The van der Waals surface area contributed by atoms with Crippen LogP contribution in [0.5, 0.6) is 0 Å². The van der Waals surface area contributed by atoms with Gasteiger partial charge < -0.3 is 25.8 Å². The Balaban J connectivity index is 2.70. The largest absolute Gasteiger partial charge is 0.480 e. The maximum Gasteiger partial charge on any atom is 0.328 e. The number of ether oxygens (including phenoxy) is 1. The molecule has 4 N–H and O–H groups in total. The maximum absolute atomic E-state index is 12.1. The lowest BCUT2D eigenvalue weighted by atomic mass is 10.2. The van der Waals surface area contributed by atoms with Gasteiger partial charge in [0.2, 0.25) is 5.91 Å². The quantitative estimate of drug-likeness (QED) is 0.584. The molecule has 0 spiro atoms. The Labute approximate surface area is 117 Å². The van der Waals surface area contributed by atoms with Crippen molar-refractivity contribution in [3.8, 4) is 0 Å². The van der Waals surface area contributed by atoms with Crippen LogP contribution in [-0.2, 0) is 14.3 Å². The molecule has 1 saturated carbocycles. The van der Waals surface area contributed by atoms with Crippen LogP contribution in [0.3, 0.4) is 0 Å². The van der Waals surface area contributed by atoms with Gasteiger partial charge in [0, 0.05) is 13.2 Å². The van der Waals surface area contributed by atoms with Crippen molar-refractivity contribution in [3.05, 3.63) is 0 Å². The lowest BCUT2D eigenvalue weighted by molar-refractivity contribution is -0.140. The van der Waals surface area contributed by atoms with Crippen molar-refractivity contribution in [2.75, 3.05) is 20.3 Å². The van der Waals surface area contributed by atoms with E-state index in [1.54, 1.807) is 0 Å². The highest BCUT2D eigenvalue weighted by atomic mass is 16.5. The second-order valence-electron chi connectivity index (χ2n) is 4.83. The number of amides is 3. The highest BCUT2D eigenvalue weighted by Crippen LogP contribution is 2.23. The first-order valence-corrected chi connectivity index (χ1v) is 6.53. The van der Waals surface area contributed by atoms with Crippen molar-refractivity contribution in [2.45, 2.75) is 37.8 Å². The van der Waals surface area contributed by atoms with E-state index < -0.39 is 23.9 Å². The molecule has 1 fully saturated rings. The van der Waals surface area contributed by atoms with Gasteiger partial charge in [-0.2, -0.15) is 0 Å². The Hall–Kier alpha value is -1.83. The number of carboxylic acids is 1. The molecular weight excluding hydrogens is 266 g/mol. The highest BCUT2D eigenvalue weighted by Gasteiger charge is 2.30. The zero-order valence-corrected chi connectivity index (χ0v) is 11.5. The number of carbonyl (C=O) groups excluding carboxylic acids is 2. The predicted molar refractivity (Wildman–Crippen MR) is 70.0 cm³/mol. The van der Waals surface area contributed by atoms with Gasteiger partial charge in [0.1, 0.15) is 6.54 Å². The molecule has 8 heteroatoms.